The van der Waals surface area contributed by atoms with E-state index in [2.05, 4.69) is 5.32 Å². The maximum Gasteiger partial charge on any atom is 0.326 e. The normalized spacial score (nSPS) is 13.3. The van der Waals surface area contributed by atoms with E-state index in [0.717, 1.165) is 6.07 Å². The minimum Gasteiger partial charge on any atom is -0.480 e. The van der Waals surface area contributed by atoms with E-state index in [4.69, 9.17) is 5.11 Å². The highest BCUT2D eigenvalue weighted by atomic mass is 16.6. The van der Waals surface area contributed by atoms with Crippen LogP contribution in [0.25, 0.3) is 0 Å². The number of nitrogens with one attached hydrogen (secondary N) is 1. The summed E-state index contributed by atoms with van der Waals surface area (Å²) in [5.41, 5.74) is 0.441. The molecule has 7 nitrogen and oxygen atoms in total. The molecule has 114 valence electrons. The lowest BCUT2D eigenvalue weighted by atomic mass is 9.98. The number of benzene rings is 1. The summed E-state index contributed by atoms with van der Waals surface area (Å²) in [6, 6.07) is 2.94. The summed E-state index contributed by atoms with van der Waals surface area (Å²) < 4.78 is 0. The summed E-state index contributed by atoms with van der Waals surface area (Å²) in [5.74, 6) is -2.00. The number of hydrogen-bond acceptors (Lipinski definition) is 4. The lowest BCUT2D eigenvalue weighted by Gasteiger charge is -2.20. The number of aryl methyl sites for hydroxylation is 1. The molecular weight excluding hydrogens is 276 g/mol. The number of carbonyl (C=O) groups excluding carboxylic acids is 1. The van der Waals surface area contributed by atoms with Crippen molar-refractivity contribution in [3.05, 3.63) is 39.4 Å². The first-order valence-electron chi connectivity index (χ1n) is 6.56. The van der Waals surface area contributed by atoms with E-state index >= 15 is 0 Å². The Morgan fingerprint density at radius 1 is 1.38 bits per heavy atom. The van der Waals surface area contributed by atoms with Gasteiger partial charge >= 0.3 is 5.97 Å². The van der Waals surface area contributed by atoms with Crippen LogP contribution in [0.5, 0.6) is 0 Å². The standard InChI is InChI=1S/C14H18N2O5/c1-4-9(3)12(14(18)19)15-13(17)10-5-8(2)6-11(7-10)16(20)21/h5-7,9,12H,4H2,1-3H3,(H,15,17)(H,18,19). The highest BCUT2D eigenvalue weighted by Crippen LogP contribution is 2.17. The molecule has 2 N–H and O–H groups in total. The van der Waals surface area contributed by atoms with Crippen LogP contribution in [-0.4, -0.2) is 27.9 Å². The Kier molecular flexibility index (Phi) is 5.40. The number of nitrogens with zero attached hydrogens (tertiary/aromatic N) is 1. The number of non-ortho nitro benzene ring substituents is 1. The predicted molar refractivity (Wildman–Crippen MR) is 76.2 cm³/mol. The third-order valence-electron chi connectivity index (χ3n) is 3.30. The second kappa shape index (κ2) is 6.83. The number of nitro benzene ring substituents is 1. The molecule has 1 aromatic carbocycles. The molecule has 0 fully saturated rings. The highest BCUT2D eigenvalue weighted by molar-refractivity contribution is 5.97. The molecule has 2 unspecified atom stereocenters. The van der Waals surface area contributed by atoms with Crippen molar-refractivity contribution in [1.82, 2.24) is 5.32 Å². The highest BCUT2D eigenvalue weighted by Gasteiger charge is 2.26. The zero-order valence-electron chi connectivity index (χ0n) is 12.1. The Morgan fingerprint density at radius 3 is 2.48 bits per heavy atom. The van der Waals surface area contributed by atoms with E-state index in [9.17, 15) is 19.7 Å². The molecule has 0 spiro atoms. The van der Waals surface area contributed by atoms with Crippen LogP contribution >= 0.6 is 0 Å². The van der Waals surface area contributed by atoms with E-state index < -0.39 is 22.8 Å². The summed E-state index contributed by atoms with van der Waals surface area (Å²) in [7, 11) is 0. The molecule has 0 bridgehead atoms. The average Bonchev–Trinajstić information content (AvgIpc) is 2.42. The van der Waals surface area contributed by atoms with Crippen molar-refractivity contribution in [2.75, 3.05) is 0 Å². The van der Waals surface area contributed by atoms with Gasteiger partial charge in [0.2, 0.25) is 0 Å². The second-order valence-corrected chi connectivity index (χ2v) is 4.99. The van der Waals surface area contributed by atoms with Crippen LogP contribution in [0, 0.1) is 23.0 Å². The van der Waals surface area contributed by atoms with Gasteiger partial charge in [-0.25, -0.2) is 4.79 Å². The van der Waals surface area contributed by atoms with Gasteiger partial charge < -0.3 is 10.4 Å². The molecular formula is C14H18N2O5. The number of amides is 1. The lowest BCUT2D eigenvalue weighted by molar-refractivity contribution is -0.384. The van der Waals surface area contributed by atoms with Gasteiger partial charge in [-0.2, -0.15) is 0 Å². The molecule has 1 rings (SSSR count). The fourth-order valence-corrected chi connectivity index (χ4v) is 1.91. The molecule has 0 saturated heterocycles. The fraction of sp³-hybridized carbons (Fsp3) is 0.429. The van der Waals surface area contributed by atoms with E-state index in [0.29, 0.717) is 12.0 Å². The van der Waals surface area contributed by atoms with Gasteiger partial charge in [0.25, 0.3) is 11.6 Å². The zero-order valence-corrected chi connectivity index (χ0v) is 12.1. The molecule has 0 radical (unpaired) electrons. The average molecular weight is 294 g/mol. The summed E-state index contributed by atoms with van der Waals surface area (Å²) in [5, 5.41) is 22.4. The summed E-state index contributed by atoms with van der Waals surface area (Å²) >= 11 is 0. The topological polar surface area (TPSA) is 110 Å². The smallest absolute Gasteiger partial charge is 0.326 e. The van der Waals surface area contributed by atoms with E-state index in [1.165, 1.54) is 12.1 Å². The minimum absolute atomic E-state index is 0.0799. The van der Waals surface area contributed by atoms with E-state index in [-0.39, 0.29) is 17.2 Å². The second-order valence-electron chi connectivity index (χ2n) is 4.99. The molecule has 0 aliphatic carbocycles. The van der Waals surface area contributed by atoms with Crippen molar-refractivity contribution in [2.45, 2.75) is 33.2 Å². The van der Waals surface area contributed by atoms with Crippen LogP contribution in [0.2, 0.25) is 0 Å². The molecule has 7 heteroatoms. The summed E-state index contributed by atoms with van der Waals surface area (Å²) in [6.07, 6.45) is 0.589. The number of carboxylic acid groups (broad SMARTS) is 1. The zero-order chi connectivity index (χ0) is 16.2. The van der Waals surface area contributed by atoms with Crippen LogP contribution < -0.4 is 5.32 Å². The Bertz CT molecular complexity index is 570. The molecule has 0 heterocycles. The van der Waals surface area contributed by atoms with E-state index in [1.807, 2.05) is 6.92 Å². The first-order valence-corrected chi connectivity index (χ1v) is 6.56. The molecule has 0 aromatic heterocycles. The molecule has 1 aromatic rings. The van der Waals surface area contributed by atoms with Crippen molar-refractivity contribution in [3.63, 3.8) is 0 Å². The van der Waals surface area contributed by atoms with Crippen molar-refractivity contribution in [2.24, 2.45) is 5.92 Å². The third-order valence-corrected chi connectivity index (χ3v) is 3.30. The molecule has 2 atom stereocenters. The molecule has 21 heavy (non-hydrogen) atoms. The van der Waals surface area contributed by atoms with Crippen molar-refractivity contribution in [1.29, 1.82) is 0 Å². The SMILES string of the molecule is CCC(C)C(NC(=O)c1cc(C)cc([N+](=O)[O-])c1)C(=O)O. The van der Waals surface area contributed by atoms with Crippen molar-refractivity contribution >= 4 is 17.6 Å². The minimum atomic E-state index is -1.13. The number of aliphatic carboxylic acids is 1. The molecule has 0 saturated carbocycles. The van der Waals surface area contributed by atoms with Gasteiger partial charge in [-0.3, -0.25) is 14.9 Å². The quantitative estimate of drug-likeness (QED) is 0.617. The van der Waals surface area contributed by atoms with Gasteiger partial charge in [0.15, 0.2) is 0 Å². The maximum atomic E-state index is 12.1. The Hall–Kier alpha value is -2.44. The van der Waals surface area contributed by atoms with Gasteiger partial charge in [0, 0.05) is 17.7 Å². The molecule has 0 aliphatic heterocycles. The van der Waals surface area contributed by atoms with Gasteiger partial charge in [0.1, 0.15) is 6.04 Å². The Balaban J connectivity index is 3.03. The van der Waals surface area contributed by atoms with Crippen molar-refractivity contribution in [3.8, 4) is 0 Å². The van der Waals surface area contributed by atoms with Crippen LogP contribution in [0.4, 0.5) is 5.69 Å². The largest absolute Gasteiger partial charge is 0.480 e. The van der Waals surface area contributed by atoms with Gasteiger partial charge in [-0.15, -0.1) is 0 Å². The van der Waals surface area contributed by atoms with Crippen LogP contribution in [0.1, 0.15) is 36.2 Å². The summed E-state index contributed by atoms with van der Waals surface area (Å²) in [4.78, 5) is 33.5. The fourth-order valence-electron chi connectivity index (χ4n) is 1.91. The third kappa shape index (κ3) is 4.27. The Labute approximate surface area is 122 Å². The summed E-state index contributed by atoms with van der Waals surface area (Å²) in [6.45, 7) is 5.18. The molecule has 0 aliphatic rings. The number of hydrogen-bond donors (Lipinski definition) is 2. The predicted octanol–water partition coefficient (Wildman–Crippen LogP) is 2.13. The first kappa shape index (κ1) is 16.6. The number of nitro groups is 1. The van der Waals surface area contributed by atoms with E-state index in [1.54, 1.807) is 13.8 Å². The van der Waals surface area contributed by atoms with Crippen LogP contribution in [0.3, 0.4) is 0 Å². The van der Waals surface area contributed by atoms with Crippen LogP contribution in [0.15, 0.2) is 18.2 Å². The van der Waals surface area contributed by atoms with Gasteiger partial charge in [0.05, 0.1) is 4.92 Å². The monoisotopic (exact) mass is 294 g/mol. The van der Waals surface area contributed by atoms with Gasteiger partial charge in [-0.05, 0) is 24.5 Å². The van der Waals surface area contributed by atoms with Crippen LogP contribution in [-0.2, 0) is 4.79 Å². The lowest BCUT2D eigenvalue weighted by Crippen LogP contribution is -2.45. The van der Waals surface area contributed by atoms with Crippen molar-refractivity contribution < 1.29 is 19.6 Å². The number of carbonyl (C=O) groups is 2. The Morgan fingerprint density at radius 2 is 2.00 bits per heavy atom. The number of rotatable bonds is 6. The van der Waals surface area contributed by atoms with Gasteiger partial charge in [-0.1, -0.05) is 20.3 Å². The maximum absolute atomic E-state index is 12.1. The first-order chi connectivity index (χ1) is 9.76. The number of carboxylic acids is 1. The molecule has 1 amide bonds.